The quantitative estimate of drug-likeness (QED) is 0.645. The van der Waals surface area contributed by atoms with E-state index in [1.807, 2.05) is 18.2 Å². The number of aromatic hydroxyl groups is 1. The van der Waals surface area contributed by atoms with E-state index < -0.39 is 0 Å². The first kappa shape index (κ1) is 12.1. The summed E-state index contributed by atoms with van der Waals surface area (Å²) in [7, 11) is 0. The second-order valence-electron chi connectivity index (χ2n) is 4.67. The Morgan fingerprint density at radius 1 is 0.895 bits per heavy atom. The minimum atomic E-state index is 0.187. The number of rotatable bonds is 1. The van der Waals surface area contributed by atoms with Crippen molar-refractivity contribution in [3.8, 4) is 16.9 Å². The molecule has 2 heteroatoms. The van der Waals surface area contributed by atoms with Crippen LogP contribution in [0.25, 0.3) is 21.9 Å². The monoisotopic (exact) mass is 268 g/mol. The molecule has 0 radical (unpaired) electrons. The summed E-state index contributed by atoms with van der Waals surface area (Å²) in [4.78, 5) is 0. The van der Waals surface area contributed by atoms with E-state index in [1.165, 1.54) is 16.3 Å². The van der Waals surface area contributed by atoms with E-state index in [2.05, 4.69) is 31.2 Å². The van der Waals surface area contributed by atoms with Crippen molar-refractivity contribution in [3.63, 3.8) is 0 Å². The molecule has 0 atom stereocenters. The van der Waals surface area contributed by atoms with Crippen molar-refractivity contribution in [2.75, 3.05) is 0 Å². The molecule has 0 unspecified atom stereocenters. The van der Waals surface area contributed by atoms with E-state index in [0.29, 0.717) is 5.02 Å². The molecule has 3 aromatic carbocycles. The third-order valence-corrected chi connectivity index (χ3v) is 3.55. The Morgan fingerprint density at radius 2 is 1.63 bits per heavy atom. The molecule has 19 heavy (non-hydrogen) atoms. The third-order valence-electron chi connectivity index (χ3n) is 3.34. The lowest BCUT2D eigenvalue weighted by Crippen LogP contribution is -1.84. The van der Waals surface area contributed by atoms with Crippen molar-refractivity contribution >= 4 is 22.4 Å². The van der Waals surface area contributed by atoms with Crippen molar-refractivity contribution in [1.29, 1.82) is 0 Å². The highest BCUT2D eigenvalue weighted by Crippen LogP contribution is 2.33. The predicted octanol–water partition coefficient (Wildman–Crippen LogP) is 5.17. The minimum Gasteiger partial charge on any atom is -0.508 e. The van der Waals surface area contributed by atoms with Gasteiger partial charge in [-0.25, -0.2) is 0 Å². The summed E-state index contributed by atoms with van der Waals surface area (Å²) >= 11 is 6.02. The fourth-order valence-corrected chi connectivity index (χ4v) is 2.66. The van der Waals surface area contributed by atoms with Gasteiger partial charge < -0.3 is 5.11 Å². The lowest BCUT2D eigenvalue weighted by Gasteiger charge is -2.10. The lowest BCUT2D eigenvalue weighted by atomic mass is 9.95. The Kier molecular flexibility index (Phi) is 2.92. The molecule has 3 rings (SSSR count). The van der Waals surface area contributed by atoms with Gasteiger partial charge in [-0.1, -0.05) is 48.0 Å². The van der Waals surface area contributed by atoms with Crippen molar-refractivity contribution in [2.45, 2.75) is 6.92 Å². The number of aryl methyl sites for hydroxylation is 1. The van der Waals surface area contributed by atoms with Gasteiger partial charge in [0, 0.05) is 5.02 Å². The van der Waals surface area contributed by atoms with Crippen LogP contribution in [0, 0.1) is 6.92 Å². The minimum absolute atomic E-state index is 0.187. The topological polar surface area (TPSA) is 20.2 Å². The number of benzene rings is 3. The van der Waals surface area contributed by atoms with Gasteiger partial charge in [0.25, 0.3) is 0 Å². The van der Waals surface area contributed by atoms with Crippen LogP contribution in [0.1, 0.15) is 5.56 Å². The van der Waals surface area contributed by atoms with Crippen LogP contribution < -0.4 is 0 Å². The van der Waals surface area contributed by atoms with Gasteiger partial charge in [-0.05, 0) is 52.6 Å². The lowest BCUT2D eigenvalue weighted by molar-refractivity contribution is 0.475. The van der Waals surface area contributed by atoms with Gasteiger partial charge >= 0.3 is 0 Å². The van der Waals surface area contributed by atoms with E-state index in [-0.39, 0.29) is 5.75 Å². The van der Waals surface area contributed by atoms with Gasteiger partial charge in [-0.3, -0.25) is 0 Å². The standard InChI is InChI=1S/C17H13ClO/c1-11-6-7-16(17-5-3-2-4-15(11)17)12-8-13(18)10-14(19)9-12/h2-10,19H,1H3. The zero-order valence-electron chi connectivity index (χ0n) is 10.5. The highest BCUT2D eigenvalue weighted by atomic mass is 35.5. The molecule has 0 aliphatic carbocycles. The van der Waals surface area contributed by atoms with Crippen LogP contribution in [0.15, 0.2) is 54.6 Å². The first-order valence-corrected chi connectivity index (χ1v) is 6.51. The molecule has 3 aromatic rings. The first-order chi connectivity index (χ1) is 9.15. The Balaban J connectivity index is 2.34. The summed E-state index contributed by atoms with van der Waals surface area (Å²) in [5, 5.41) is 12.6. The third kappa shape index (κ3) is 2.18. The molecular formula is C17H13ClO. The maximum absolute atomic E-state index is 9.70. The molecule has 0 saturated carbocycles. The van der Waals surface area contributed by atoms with Gasteiger partial charge in [-0.15, -0.1) is 0 Å². The van der Waals surface area contributed by atoms with Crippen LogP contribution in [-0.4, -0.2) is 5.11 Å². The number of hydrogen-bond donors (Lipinski definition) is 1. The Hall–Kier alpha value is -1.99. The fraction of sp³-hybridized carbons (Fsp3) is 0.0588. The number of phenols is 1. The fourth-order valence-electron chi connectivity index (χ4n) is 2.43. The van der Waals surface area contributed by atoms with Crippen molar-refractivity contribution in [2.24, 2.45) is 0 Å². The molecule has 0 heterocycles. The zero-order valence-corrected chi connectivity index (χ0v) is 11.3. The average Bonchev–Trinajstić information content (AvgIpc) is 2.38. The number of phenolic OH excluding ortho intramolecular Hbond substituents is 1. The molecule has 94 valence electrons. The van der Waals surface area contributed by atoms with E-state index in [4.69, 9.17) is 11.6 Å². The number of hydrogen-bond acceptors (Lipinski definition) is 1. The summed E-state index contributed by atoms with van der Waals surface area (Å²) in [6.07, 6.45) is 0. The predicted molar refractivity (Wildman–Crippen MR) is 80.8 cm³/mol. The van der Waals surface area contributed by atoms with Crippen LogP contribution in [0.5, 0.6) is 5.75 Å². The maximum atomic E-state index is 9.70. The van der Waals surface area contributed by atoms with Crippen LogP contribution in [0.4, 0.5) is 0 Å². The van der Waals surface area contributed by atoms with Gasteiger partial charge in [0.1, 0.15) is 5.75 Å². The van der Waals surface area contributed by atoms with Gasteiger partial charge in [0.15, 0.2) is 0 Å². The van der Waals surface area contributed by atoms with Crippen LogP contribution in [0.2, 0.25) is 5.02 Å². The van der Waals surface area contributed by atoms with E-state index in [1.54, 1.807) is 12.1 Å². The van der Waals surface area contributed by atoms with Crippen molar-refractivity contribution < 1.29 is 5.11 Å². The Morgan fingerprint density at radius 3 is 2.37 bits per heavy atom. The van der Waals surface area contributed by atoms with Crippen molar-refractivity contribution in [3.05, 3.63) is 65.2 Å². The van der Waals surface area contributed by atoms with Gasteiger partial charge in [-0.2, -0.15) is 0 Å². The summed E-state index contributed by atoms with van der Waals surface area (Å²) in [6.45, 7) is 2.10. The number of fused-ring (bicyclic) bond motifs is 1. The van der Waals surface area contributed by atoms with Gasteiger partial charge in [0.05, 0.1) is 0 Å². The maximum Gasteiger partial charge on any atom is 0.117 e. The molecular weight excluding hydrogens is 256 g/mol. The van der Waals surface area contributed by atoms with E-state index >= 15 is 0 Å². The second-order valence-corrected chi connectivity index (χ2v) is 5.11. The first-order valence-electron chi connectivity index (χ1n) is 6.13. The van der Waals surface area contributed by atoms with Crippen LogP contribution in [-0.2, 0) is 0 Å². The molecule has 0 bridgehead atoms. The Bertz CT molecular complexity index is 742. The summed E-state index contributed by atoms with van der Waals surface area (Å²) in [5.41, 5.74) is 3.26. The zero-order chi connectivity index (χ0) is 13.4. The highest BCUT2D eigenvalue weighted by Gasteiger charge is 2.07. The molecule has 0 aliphatic rings. The number of halogens is 1. The second kappa shape index (κ2) is 4.60. The summed E-state index contributed by atoms with van der Waals surface area (Å²) < 4.78 is 0. The Labute approximate surface area is 117 Å². The van der Waals surface area contributed by atoms with Crippen LogP contribution >= 0.6 is 11.6 Å². The molecule has 0 saturated heterocycles. The van der Waals surface area contributed by atoms with Crippen molar-refractivity contribution in [1.82, 2.24) is 0 Å². The SMILES string of the molecule is Cc1ccc(-c2cc(O)cc(Cl)c2)c2ccccc12. The highest BCUT2D eigenvalue weighted by molar-refractivity contribution is 6.31. The van der Waals surface area contributed by atoms with E-state index in [9.17, 15) is 5.11 Å². The van der Waals surface area contributed by atoms with Crippen LogP contribution in [0.3, 0.4) is 0 Å². The summed E-state index contributed by atoms with van der Waals surface area (Å²) in [5.74, 6) is 0.187. The molecule has 1 nitrogen and oxygen atoms in total. The molecule has 0 spiro atoms. The molecule has 0 amide bonds. The normalized spacial score (nSPS) is 10.8. The molecule has 0 aliphatic heterocycles. The summed E-state index contributed by atoms with van der Waals surface area (Å²) in [6, 6.07) is 17.6. The average molecular weight is 269 g/mol. The van der Waals surface area contributed by atoms with E-state index in [0.717, 1.165) is 11.1 Å². The smallest absolute Gasteiger partial charge is 0.117 e. The molecule has 0 fully saturated rings. The van der Waals surface area contributed by atoms with Gasteiger partial charge in [0.2, 0.25) is 0 Å². The molecule has 1 N–H and O–H groups in total. The largest absolute Gasteiger partial charge is 0.508 e. The molecule has 0 aromatic heterocycles.